The quantitative estimate of drug-likeness (QED) is 0.796. The van der Waals surface area contributed by atoms with Crippen LogP contribution in [0.3, 0.4) is 0 Å². The minimum absolute atomic E-state index is 0.159. The molecule has 0 bridgehead atoms. The molecule has 0 aliphatic heterocycles. The fourth-order valence-corrected chi connectivity index (χ4v) is 5.10. The molecule has 96 valence electrons. The number of halogens is 2. The van der Waals surface area contributed by atoms with Crippen LogP contribution in [0.4, 0.5) is 0 Å². The Hall–Kier alpha value is -0.400. The van der Waals surface area contributed by atoms with Gasteiger partial charge >= 0.3 is 0 Å². The van der Waals surface area contributed by atoms with Crippen LogP contribution in [0.2, 0.25) is 8.67 Å². The Balaban J connectivity index is 2.25. The fourth-order valence-electron chi connectivity index (χ4n) is 1.29. The normalized spacial score (nSPS) is 11.7. The smallest absolute Gasteiger partial charge is 0.195 e. The van der Waals surface area contributed by atoms with Gasteiger partial charge in [0, 0.05) is 5.56 Å². The van der Waals surface area contributed by atoms with Crippen LogP contribution >= 0.6 is 45.9 Å². The van der Waals surface area contributed by atoms with Crippen LogP contribution in [0.1, 0.15) is 10.4 Å². The van der Waals surface area contributed by atoms with Gasteiger partial charge in [-0.3, -0.25) is 4.79 Å². The first-order valence-electron chi connectivity index (χ1n) is 4.64. The summed E-state index contributed by atoms with van der Waals surface area (Å²) >= 11 is 13.6. The predicted octanol–water partition coefficient (Wildman–Crippen LogP) is 3.77. The molecule has 0 saturated carbocycles. The summed E-state index contributed by atoms with van der Waals surface area (Å²) in [6.07, 6.45) is 0. The summed E-state index contributed by atoms with van der Waals surface area (Å²) in [5.41, 5.74) is 0.159. The van der Waals surface area contributed by atoms with E-state index in [1.165, 1.54) is 12.1 Å². The van der Waals surface area contributed by atoms with Crippen molar-refractivity contribution in [3.63, 3.8) is 0 Å². The second-order valence-corrected chi connectivity index (χ2v) is 8.80. The van der Waals surface area contributed by atoms with Gasteiger partial charge in [0.1, 0.15) is 14.3 Å². The van der Waals surface area contributed by atoms with Crippen molar-refractivity contribution < 1.29 is 13.2 Å². The third-order valence-electron chi connectivity index (χ3n) is 2.08. The maximum absolute atomic E-state index is 11.9. The minimum Gasteiger partial charge on any atom is -0.293 e. The van der Waals surface area contributed by atoms with E-state index in [1.807, 2.05) is 0 Å². The Kier molecular flexibility index (Phi) is 4.13. The number of thiophene rings is 2. The molecule has 0 amide bonds. The van der Waals surface area contributed by atoms with E-state index < -0.39 is 21.4 Å². The van der Waals surface area contributed by atoms with Crippen molar-refractivity contribution >= 4 is 61.5 Å². The van der Waals surface area contributed by atoms with Gasteiger partial charge < -0.3 is 0 Å². The highest BCUT2D eigenvalue weighted by Gasteiger charge is 2.23. The average Bonchev–Trinajstić information content (AvgIpc) is 2.86. The standard InChI is InChI=1S/C10H6Cl2O3S3/c11-8-4-6(10(12)17-8)7(13)5-18(14,15)9-2-1-3-16-9/h1-4H,5H2. The fraction of sp³-hybridized carbons (Fsp3) is 0.100. The van der Waals surface area contributed by atoms with Crippen LogP contribution in [-0.2, 0) is 9.84 Å². The Morgan fingerprint density at radius 3 is 2.56 bits per heavy atom. The lowest BCUT2D eigenvalue weighted by molar-refractivity contribution is 0.102. The molecule has 0 saturated heterocycles. The molecular formula is C10H6Cl2O3S3. The van der Waals surface area contributed by atoms with Crippen LogP contribution < -0.4 is 0 Å². The molecule has 2 heterocycles. The summed E-state index contributed by atoms with van der Waals surface area (Å²) in [7, 11) is -3.60. The minimum atomic E-state index is -3.60. The van der Waals surface area contributed by atoms with Crippen LogP contribution in [0.15, 0.2) is 27.8 Å². The van der Waals surface area contributed by atoms with Crippen molar-refractivity contribution in [2.45, 2.75) is 4.21 Å². The van der Waals surface area contributed by atoms with E-state index in [2.05, 4.69) is 0 Å². The second kappa shape index (κ2) is 5.30. The molecular weight excluding hydrogens is 335 g/mol. The van der Waals surface area contributed by atoms with Crippen molar-refractivity contribution in [2.75, 3.05) is 5.75 Å². The summed E-state index contributed by atoms with van der Waals surface area (Å²) in [5.74, 6) is -1.14. The number of Topliss-reactive ketones (excluding diaryl/α,β-unsaturated/α-hetero) is 1. The highest BCUT2D eigenvalue weighted by atomic mass is 35.5. The molecule has 0 unspecified atom stereocenters. The molecule has 0 aliphatic carbocycles. The zero-order valence-electron chi connectivity index (χ0n) is 8.72. The SMILES string of the molecule is O=C(CS(=O)(=O)c1cccs1)c1cc(Cl)sc1Cl. The van der Waals surface area contributed by atoms with Gasteiger partial charge in [-0.1, -0.05) is 29.3 Å². The molecule has 2 aromatic heterocycles. The first kappa shape index (κ1) is 14.0. The van der Waals surface area contributed by atoms with Crippen molar-refractivity contribution in [3.05, 3.63) is 37.8 Å². The zero-order valence-corrected chi connectivity index (χ0v) is 12.7. The summed E-state index contributed by atoms with van der Waals surface area (Å²) in [6.45, 7) is 0. The summed E-state index contributed by atoms with van der Waals surface area (Å²) in [6, 6.07) is 4.48. The van der Waals surface area contributed by atoms with Crippen molar-refractivity contribution in [3.8, 4) is 0 Å². The van der Waals surface area contributed by atoms with E-state index in [1.54, 1.807) is 11.4 Å². The molecule has 3 nitrogen and oxygen atoms in total. The third-order valence-corrected chi connectivity index (χ3v) is 6.67. The summed E-state index contributed by atoms with van der Waals surface area (Å²) in [5, 5.41) is 1.64. The molecule has 8 heteroatoms. The molecule has 18 heavy (non-hydrogen) atoms. The van der Waals surface area contributed by atoms with Crippen LogP contribution in [0.5, 0.6) is 0 Å². The lowest BCUT2D eigenvalue weighted by Crippen LogP contribution is -2.15. The lowest BCUT2D eigenvalue weighted by atomic mass is 10.2. The lowest BCUT2D eigenvalue weighted by Gasteiger charge is -2.00. The van der Waals surface area contributed by atoms with Gasteiger partial charge in [0.15, 0.2) is 15.6 Å². The van der Waals surface area contributed by atoms with Gasteiger partial charge in [-0.15, -0.1) is 22.7 Å². The number of carbonyl (C=O) groups is 1. The van der Waals surface area contributed by atoms with E-state index in [4.69, 9.17) is 23.2 Å². The van der Waals surface area contributed by atoms with E-state index in [9.17, 15) is 13.2 Å². The van der Waals surface area contributed by atoms with Gasteiger partial charge in [0.2, 0.25) is 0 Å². The molecule has 0 spiro atoms. The molecule has 0 fully saturated rings. The van der Waals surface area contributed by atoms with Gasteiger partial charge in [-0.05, 0) is 17.5 Å². The maximum Gasteiger partial charge on any atom is 0.195 e. The maximum atomic E-state index is 11.9. The molecule has 0 aliphatic rings. The van der Waals surface area contributed by atoms with E-state index in [-0.39, 0.29) is 14.1 Å². The second-order valence-electron chi connectivity index (χ2n) is 3.35. The molecule has 2 rings (SSSR count). The molecule has 0 aromatic carbocycles. The topological polar surface area (TPSA) is 51.2 Å². The molecule has 0 radical (unpaired) electrons. The number of ketones is 1. The van der Waals surface area contributed by atoms with E-state index in [0.717, 1.165) is 22.7 Å². The largest absolute Gasteiger partial charge is 0.293 e. The van der Waals surface area contributed by atoms with Crippen molar-refractivity contribution in [1.29, 1.82) is 0 Å². The average molecular weight is 341 g/mol. The molecule has 0 atom stereocenters. The van der Waals surface area contributed by atoms with Crippen molar-refractivity contribution in [2.24, 2.45) is 0 Å². The Morgan fingerprint density at radius 1 is 1.33 bits per heavy atom. The molecule has 2 aromatic rings. The van der Waals surface area contributed by atoms with Crippen LogP contribution in [0, 0.1) is 0 Å². The summed E-state index contributed by atoms with van der Waals surface area (Å²) in [4.78, 5) is 11.9. The summed E-state index contributed by atoms with van der Waals surface area (Å²) < 4.78 is 24.6. The first-order valence-corrected chi connectivity index (χ1v) is 8.75. The van der Waals surface area contributed by atoms with Crippen molar-refractivity contribution in [1.82, 2.24) is 0 Å². The third kappa shape index (κ3) is 2.95. The van der Waals surface area contributed by atoms with Crippen LogP contribution in [0.25, 0.3) is 0 Å². The van der Waals surface area contributed by atoms with Crippen LogP contribution in [-0.4, -0.2) is 20.0 Å². The zero-order chi connectivity index (χ0) is 13.3. The number of hydrogen-bond acceptors (Lipinski definition) is 5. The number of hydrogen-bond donors (Lipinski definition) is 0. The Morgan fingerprint density at radius 2 is 2.06 bits per heavy atom. The monoisotopic (exact) mass is 340 g/mol. The van der Waals surface area contributed by atoms with E-state index >= 15 is 0 Å². The van der Waals surface area contributed by atoms with Gasteiger partial charge in [-0.25, -0.2) is 8.42 Å². The predicted molar refractivity (Wildman–Crippen MR) is 75.0 cm³/mol. The van der Waals surface area contributed by atoms with Gasteiger partial charge in [-0.2, -0.15) is 0 Å². The first-order chi connectivity index (χ1) is 8.40. The van der Waals surface area contributed by atoms with E-state index in [0.29, 0.717) is 4.34 Å². The van der Waals surface area contributed by atoms with Gasteiger partial charge in [0.25, 0.3) is 0 Å². The Labute approximate surface area is 122 Å². The number of sulfone groups is 1. The number of rotatable bonds is 4. The molecule has 0 N–H and O–H groups in total. The highest BCUT2D eigenvalue weighted by Crippen LogP contribution is 2.32. The van der Waals surface area contributed by atoms with Gasteiger partial charge in [0.05, 0.1) is 4.34 Å². The number of carbonyl (C=O) groups excluding carboxylic acids is 1. The Bertz CT molecular complexity index is 671. The highest BCUT2D eigenvalue weighted by molar-refractivity contribution is 7.94.